The Morgan fingerprint density at radius 1 is 1.15 bits per heavy atom. The topological polar surface area (TPSA) is 111 Å². The first-order valence-electron chi connectivity index (χ1n) is 13.7. The van der Waals surface area contributed by atoms with E-state index < -0.39 is 5.82 Å². The minimum absolute atomic E-state index is 0.156. The Morgan fingerprint density at radius 2 is 1.93 bits per heavy atom. The number of likely N-dealkylation sites (N-methyl/N-ethyl adjacent to an activating group) is 1. The van der Waals surface area contributed by atoms with Gasteiger partial charge in [-0.15, -0.1) is 0 Å². The fourth-order valence-corrected chi connectivity index (χ4v) is 5.41. The number of halogens is 1. The van der Waals surface area contributed by atoms with Gasteiger partial charge < -0.3 is 30.6 Å². The van der Waals surface area contributed by atoms with Gasteiger partial charge in [0.15, 0.2) is 0 Å². The van der Waals surface area contributed by atoms with Gasteiger partial charge in [0.05, 0.1) is 16.8 Å². The number of hydrogen-bond donors (Lipinski definition) is 4. The highest BCUT2D eigenvalue weighted by molar-refractivity contribution is 6.35. The molecule has 0 atom stereocenters. The van der Waals surface area contributed by atoms with Crippen LogP contribution in [0.3, 0.4) is 0 Å². The quantitative estimate of drug-likeness (QED) is 0.310. The van der Waals surface area contributed by atoms with Gasteiger partial charge in [0.1, 0.15) is 18.1 Å². The average Bonchev–Trinajstić information content (AvgIpc) is 3.39. The first-order valence-corrected chi connectivity index (χ1v) is 13.7. The Kier molecular flexibility index (Phi) is 7.62. The molecule has 4 N–H and O–H groups in total. The van der Waals surface area contributed by atoms with Crippen LogP contribution < -0.4 is 20.7 Å². The van der Waals surface area contributed by atoms with E-state index in [1.165, 1.54) is 6.07 Å². The molecule has 0 bridgehead atoms. The number of carbonyl (C=O) groups excluding carboxylic acids is 2. The third-order valence-electron chi connectivity index (χ3n) is 7.73. The maximum absolute atomic E-state index is 15.3. The number of benzene rings is 1. The minimum Gasteiger partial charge on any atom is -0.474 e. The SMILES string of the molecule is CCN(CC)CCNC(=O)c1c(C)[nH]c(C=C2C(=O)Nc3cc(F)c(-c4cnc5c(c4C)NCCO5)cc32)c1C. The zero-order valence-corrected chi connectivity index (χ0v) is 23.5. The van der Waals surface area contributed by atoms with Gasteiger partial charge in [-0.1, -0.05) is 13.8 Å². The first-order chi connectivity index (χ1) is 19.2. The predicted molar refractivity (Wildman–Crippen MR) is 155 cm³/mol. The van der Waals surface area contributed by atoms with Gasteiger partial charge in [0.25, 0.3) is 11.8 Å². The molecule has 0 fully saturated rings. The van der Waals surface area contributed by atoms with Crippen molar-refractivity contribution in [3.8, 4) is 17.0 Å². The lowest BCUT2D eigenvalue weighted by atomic mass is 9.95. The number of hydrogen-bond acceptors (Lipinski definition) is 6. The van der Waals surface area contributed by atoms with Gasteiger partial charge >= 0.3 is 0 Å². The number of nitrogens with zero attached hydrogens (tertiary/aromatic N) is 2. The molecule has 2 aliphatic heterocycles. The number of pyridine rings is 1. The van der Waals surface area contributed by atoms with Crippen LogP contribution in [0.15, 0.2) is 18.3 Å². The summed E-state index contributed by atoms with van der Waals surface area (Å²) >= 11 is 0. The molecule has 2 aromatic heterocycles. The Morgan fingerprint density at radius 3 is 2.67 bits per heavy atom. The molecule has 5 rings (SSSR count). The third kappa shape index (κ3) is 4.95. The minimum atomic E-state index is -0.461. The maximum Gasteiger partial charge on any atom is 0.256 e. The second kappa shape index (κ2) is 11.1. The van der Waals surface area contributed by atoms with Crippen molar-refractivity contribution < 1.29 is 18.7 Å². The van der Waals surface area contributed by atoms with Gasteiger partial charge in [0, 0.05) is 53.9 Å². The Bertz CT molecular complexity index is 1520. The second-order valence-electron chi connectivity index (χ2n) is 10.1. The molecule has 0 saturated carbocycles. The maximum atomic E-state index is 15.3. The molecule has 40 heavy (non-hydrogen) atoms. The number of aromatic nitrogens is 2. The lowest BCUT2D eigenvalue weighted by molar-refractivity contribution is -0.110. The van der Waals surface area contributed by atoms with Crippen LogP contribution in [0.2, 0.25) is 0 Å². The van der Waals surface area contributed by atoms with E-state index >= 15 is 4.39 Å². The van der Waals surface area contributed by atoms with E-state index in [0.717, 1.165) is 36.4 Å². The monoisotopic (exact) mass is 546 g/mol. The molecule has 9 nitrogen and oxygen atoms in total. The molecule has 3 aromatic rings. The van der Waals surface area contributed by atoms with E-state index in [-0.39, 0.29) is 11.8 Å². The van der Waals surface area contributed by atoms with Gasteiger partial charge in [-0.25, -0.2) is 9.37 Å². The van der Waals surface area contributed by atoms with Crippen LogP contribution in [-0.4, -0.2) is 66.0 Å². The molecular weight excluding hydrogens is 511 g/mol. The molecule has 4 heterocycles. The van der Waals surface area contributed by atoms with E-state index in [1.54, 1.807) is 18.3 Å². The summed E-state index contributed by atoms with van der Waals surface area (Å²) in [6.07, 6.45) is 3.33. The van der Waals surface area contributed by atoms with Crippen LogP contribution >= 0.6 is 0 Å². The number of nitrogens with one attached hydrogen (secondary N) is 4. The van der Waals surface area contributed by atoms with Gasteiger partial charge in [-0.05, 0) is 63.2 Å². The lowest BCUT2D eigenvalue weighted by Gasteiger charge is -2.21. The predicted octanol–water partition coefficient (Wildman–Crippen LogP) is 4.51. The number of anilines is 2. The van der Waals surface area contributed by atoms with Crippen LogP contribution in [0, 0.1) is 26.6 Å². The van der Waals surface area contributed by atoms with Crippen molar-refractivity contribution in [2.45, 2.75) is 34.6 Å². The van der Waals surface area contributed by atoms with Crippen LogP contribution in [0.1, 0.15) is 52.3 Å². The molecule has 0 aliphatic carbocycles. The number of fused-ring (bicyclic) bond motifs is 2. The van der Waals surface area contributed by atoms with E-state index in [9.17, 15) is 9.59 Å². The number of rotatable bonds is 8. The summed E-state index contributed by atoms with van der Waals surface area (Å²) in [7, 11) is 0. The molecule has 210 valence electrons. The van der Waals surface area contributed by atoms with Crippen molar-refractivity contribution in [3.63, 3.8) is 0 Å². The average molecular weight is 547 g/mol. The van der Waals surface area contributed by atoms with E-state index in [4.69, 9.17) is 4.74 Å². The van der Waals surface area contributed by atoms with Crippen molar-refractivity contribution in [1.82, 2.24) is 20.2 Å². The van der Waals surface area contributed by atoms with E-state index in [2.05, 4.69) is 44.7 Å². The number of amides is 2. The molecule has 10 heteroatoms. The summed E-state index contributed by atoms with van der Waals surface area (Å²) in [6, 6.07) is 3.02. The third-order valence-corrected chi connectivity index (χ3v) is 7.73. The molecule has 0 saturated heterocycles. The van der Waals surface area contributed by atoms with Crippen molar-refractivity contribution in [2.75, 3.05) is 50.0 Å². The fourth-order valence-electron chi connectivity index (χ4n) is 5.41. The Hall–Kier alpha value is -4.18. The van der Waals surface area contributed by atoms with Gasteiger partial charge in [-0.3, -0.25) is 9.59 Å². The molecular formula is C30H35FN6O3. The summed E-state index contributed by atoms with van der Waals surface area (Å²) in [5.74, 6) is -0.454. The Balaban J connectivity index is 1.47. The number of H-pyrrole nitrogens is 1. The molecule has 1 aromatic carbocycles. The molecule has 2 amide bonds. The van der Waals surface area contributed by atoms with Crippen LogP contribution in [-0.2, 0) is 4.79 Å². The fraction of sp³-hybridized carbons (Fsp3) is 0.367. The normalized spacial score (nSPS) is 15.0. The number of ether oxygens (including phenoxy) is 1. The molecule has 0 unspecified atom stereocenters. The molecule has 2 aliphatic rings. The number of carbonyl (C=O) groups is 2. The van der Waals surface area contributed by atoms with Gasteiger partial charge in [0.2, 0.25) is 5.88 Å². The van der Waals surface area contributed by atoms with Crippen molar-refractivity contribution in [2.24, 2.45) is 0 Å². The number of aryl methyl sites for hydroxylation is 1. The molecule has 0 spiro atoms. The van der Waals surface area contributed by atoms with E-state index in [0.29, 0.717) is 70.5 Å². The summed E-state index contributed by atoms with van der Waals surface area (Å²) < 4.78 is 20.9. The highest BCUT2D eigenvalue weighted by atomic mass is 19.1. The summed E-state index contributed by atoms with van der Waals surface area (Å²) in [6.45, 7) is 14.1. The molecule has 0 radical (unpaired) electrons. The lowest BCUT2D eigenvalue weighted by Crippen LogP contribution is -2.35. The summed E-state index contributed by atoms with van der Waals surface area (Å²) in [5, 5.41) is 9.06. The second-order valence-corrected chi connectivity index (χ2v) is 10.1. The highest BCUT2D eigenvalue weighted by Gasteiger charge is 2.29. The standard InChI is InChI=1S/C30H35FN6O3/c1-6-37(7-2)10-8-33-29(39)26-17(4)24(35-18(26)5)13-21-20-12-19(23(31)14-25(20)36-28(21)38)22-15-34-30-27(16(22)3)32-9-11-40-30/h12-15,32,35H,6-11H2,1-5H3,(H,33,39)(H,36,38). The van der Waals surface area contributed by atoms with Crippen molar-refractivity contribution in [3.05, 3.63) is 57.8 Å². The number of aromatic amines is 1. The summed E-state index contributed by atoms with van der Waals surface area (Å²) in [4.78, 5) is 35.9. The summed E-state index contributed by atoms with van der Waals surface area (Å²) in [5.41, 5.74) is 6.58. The van der Waals surface area contributed by atoms with Crippen LogP contribution in [0.25, 0.3) is 22.8 Å². The van der Waals surface area contributed by atoms with Gasteiger partial charge in [-0.2, -0.15) is 0 Å². The zero-order valence-electron chi connectivity index (χ0n) is 23.5. The van der Waals surface area contributed by atoms with Crippen molar-refractivity contribution in [1.29, 1.82) is 0 Å². The smallest absolute Gasteiger partial charge is 0.256 e. The van der Waals surface area contributed by atoms with E-state index in [1.807, 2.05) is 20.8 Å². The van der Waals surface area contributed by atoms with Crippen LogP contribution in [0.5, 0.6) is 5.88 Å². The van der Waals surface area contributed by atoms with Crippen LogP contribution in [0.4, 0.5) is 15.8 Å². The zero-order chi connectivity index (χ0) is 28.6. The highest BCUT2D eigenvalue weighted by Crippen LogP contribution is 2.41. The Labute approximate surface area is 233 Å². The largest absolute Gasteiger partial charge is 0.474 e. The first kappa shape index (κ1) is 27.4. The van der Waals surface area contributed by atoms with Crippen molar-refractivity contribution >= 4 is 34.8 Å².